The summed E-state index contributed by atoms with van der Waals surface area (Å²) < 4.78 is 10.3. The number of aldehydes is 1. The zero-order valence-corrected chi connectivity index (χ0v) is 25.8. The number of aryl methyl sites for hydroxylation is 2. The maximum absolute atomic E-state index is 12.6. The van der Waals surface area contributed by atoms with E-state index in [9.17, 15) is 29.7 Å². The Morgan fingerprint density at radius 3 is 2.14 bits per heavy atom. The number of phenolic OH excluding ortho intramolecular Hbond substituents is 1. The normalized spacial score (nSPS) is 14.8. The fraction of sp³-hybridized carbons (Fsp3) is 0.382. The summed E-state index contributed by atoms with van der Waals surface area (Å²) in [6.07, 6.45) is 14.5. The molecule has 3 N–H and O–H groups in total. The van der Waals surface area contributed by atoms with E-state index in [2.05, 4.69) is 52.0 Å². The van der Waals surface area contributed by atoms with Crippen molar-refractivity contribution in [2.45, 2.75) is 74.1 Å². The molecule has 0 heterocycles. The summed E-state index contributed by atoms with van der Waals surface area (Å²) in [6.45, 7) is 13.5. The predicted molar refractivity (Wildman–Crippen MR) is 163 cm³/mol. The van der Waals surface area contributed by atoms with Crippen LogP contribution in [0, 0.1) is 26.2 Å². The fourth-order valence-electron chi connectivity index (χ4n) is 4.52. The first-order valence-electron chi connectivity index (χ1n) is 13.8. The second kappa shape index (κ2) is 14.5. The van der Waals surface area contributed by atoms with Crippen molar-refractivity contribution < 1.29 is 39.2 Å². The Balaban J connectivity index is 0.000000347. The molecular formula is C34H42O8. The lowest BCUT2D eigenvalue weighted by Gasteiger charge is -2.18. The number of allylic oxidation sites excluding steroid dienone is 6. The van der Waals surface area contributed by atoms with Gasteiger partial charge >= 0.3 is 11.9 Å². The summed E-state index contributed by atoms with van der Waals surface area (Å²) in [5, 5.41) is 29.5. The molecule has 8 heteroatoms. The Morgan fingerprint density at radius 1 is 0.905 bits per heavy atom. The zero-order chi connectivity index (χ0) is 31.8. The first-order valence-corrected chi connectivity index (χ1v) is 13.8. The molecule has 0 fully saturated rings. The number of hydrogen-bond acceptors (Lipinski definition) is 7. The highest BCUT2D eigenvalue weighted by atomic mass is 16.5. The van der Waals surface area contributed by atoms with Crippen molar-refractivity contribution in [3.05, 3.63) is 81.0 Å². The molecule has 0 saturated heterocycles. The number of phenols is 2. The highest BCUT2D eigenvalue weighted by Gasteiger charge is 2.26. The van der Waals surface area contributed by atoms with E-state index in [1.165, 1.54) is 64.0 Å². The first-order chi connectivity index (χ1) is 19.6. The zero-order valence-electron chi connectivity index (χ0n) is 25.8. The molecule has 1 aliphatic carbocycles. The molecule has 0 radical (unpaired) electrons. The van der Waals surface area contributed by atoms with E-state index in [1.54, 1.807) is 0 Å². The van der Waals surface area contributed by atoms with Gasteiger partial charge in [-0.2, -0.15) is 0 Å². The molecule has 0 saturated carbocycles. The Morgan fingerprint density at radius 2 is 1.55 bits per heavy atom. The molecule has 3 rings (SSSR count). The fourth-order valence-corrected chi connectivity index (χ4v) is 4.52. The molecule has 0 unspecified atom stereocenters. The quantitative estimate of drug-likeness (QED) is 0.142. The molecule has 2 aromatic carbocycles. The number of ether oxygens (including phenoxy) is 2. The van der Waals surface area contributed by atoms with Crippen molar-refractivity contribution in [2.75, 3.05) is 7.11 Å². The van der Waals surface area contributed by atoms with Gasteiger partial charge in [-0.15, -0.1) is 0 Å². The van der Waals surface area contributed by atoms with E-state index in [4.69, 9.17) is 9.47 Å². The van der Waals surface area contributed by atoms with E-state index in [0.29, 0.717) is 17.3 Å². The lowest BCUT2D eigenvalue weighted by molar-refractivity contribution is 0.0681. The molecule has 0 aliphatic heterocycles. The second-order valence-corrected chi connectivity index (χ2v) is 11.3. The van der Waals surface area contributed by atoms with Gasteiger partial charge in [0.15, 0.2) is 6.29 Å². The van der Waals surface area contributed by atoms with Gasteiger partial charge in [0.1, 0.15) is 34.1 Å². The van der Waals surface area contributed by atoms with Crippen LogP contribution in [0.1, 0.15) is 101 Å². The van der Waals surface area contributed by atoms with Crippen LogP contribution in [-0.4, -0.2) is 40.7 Å². The standard InChI is InChI=1S/C19H18O8.C15H24/c1-8-5-13(26-4)11(7-20)17(22)14(8)19(25)27-12-6-9(2)16(21)15(10(12)3)18(23)24;1-13-7-5-8-14(2)10-12-15(3,4)11-6-9-13/h5-7,21-22H,1-4H3,(H,23,24);6-7,10-11H,5,8-9,12H2,1-4H3. The predicted octanol–water partition coefficient (Wildman–Crippen LogP) is 7.80. The van der Waals surface area contributed by atoms with Crippen LogP contribution in [0.3, 0.4) is 0 Å². The number of carboxylic acids is 1. The number of benzene rings is 2. The molecule has 42 heavy (non-hydrogen) atoms. The molecule has 0 spiro atoms. The van der Waals surface area contributed by atoms with Crippen molar-refractivity contribution in [3.63, 3.8) is 0 Å². The van der Waals surface area contributed by atoms with Crippen molar-refractivity contribution in [1.82, 2.24) is 0 Å². The van der Waals surface area contributed by atoms with Gasteiger partial charge in [0.05, 0.1) is 12.7 Å². The largest absolute Gasteiger partial charge is 0.507 e. The van der Waals surface area contributed by atoms with Crippen molar-refractivity contribution in [3.8, 4) is 23.0 Å². The van der Waals surface area contributed by atoms with Crippen LogP contribution in [0.4, 0.5) is 0 Å². The third kappa shape index (κ3) is 8.59. The van der Waals surface area contributed by atoms with Crippen LogP contribution in [0.15, 0.2) is 47.6 Å². The topological polar surface area (TPSA) is 130 Å². The van der Waals surface area contributed by atoms with Gasteiger partial charge < -0.3 is 24.8 Å². The molecule has 2 aromatic rings. The highest BCUT2D eigenvalue weighted by Crippen LogP contribution is 2.36. The van der Waals surface area contributed by atoms with E-state index >= 15 is 0 Å². The maximum Gasteiger partial charge on any atom is 0.347 e. The molecule has 0 atom stereocenters. The SMILES string of the molecule is CC1=CCCC(C)=CCC(C)(C)C=CC1.COc1cc(C)c(C(=O)Oc2cc(C)c(O)c(C(=O)O)c2C)c(O)c1C=O. The van der Waals surface area contributed by atoms with Crippen LogP contribution in [0.25, 0.3) is 0 Å². The Labute approximate surface area is 248 Å². The number of hydrogen-bond donors (Lipinski definition) is 3. The van der Waals surface area contributed by atoms with Gasteiger partial charge in [0, 0.05) is 5.56 Å². The number of carboxylic acid groups (broad SMARTS) is 1. The third-order valence-corrected chi connectivity index (χ3v) is 7.18. The van der Waals surface area contributed by atoms with Gasteiger partial charge in [-0.3, -0.25) is 4.79 Å². The Hall–Kier alpha value is -4.33. The van der Waals surface area contributed by atoms with Gasteiger partial charge in [-0.1, -0.05) is 49.3 Å². The number of aromatic hydroxyl groups is 2. The number of carbonyl (C=O) groups excluding carboxylic acids is 2. The number of carbonyl (C=O) groups is 3. The minimum Gasteiger partial charge on any atom is -0.507 e. The summed E-state index contributed by atoms with van der Waals surface area (Å²) >= 11 is 0. The average Bonchev–Trinajstić information content (AvgIpc) is 2.92. The molecule has 8 nitrogen and oxygen atoms in total. The van der Waals surface area contributed by atoms with Gasteiger partial charge in [0.2, 0.25) is 0 Å². The number of rotatable bonds is 5. The smallest absolute Gasteiger partial charge is 0.347 e. The Bertz CT molecular complexity index is 1440. The first kappa shape index (κ1) is 33.9. The van der Waals surface area contributed by atoms with Crippen LogP contribution in [-0.2, 0) is 0 Å². The van der Waals surface area contributed by atoms with Crippen LogP contribution in [0.2, 0.25) is 0 Å². The van der Waals surface area contributed by atoms with Crippen molar-refractivity contribution in [1.29, 1.82) is 0 Å². The van der Waals surface area contributed by atoms with Gasteiger partial charge in [-0.05, 0) is 89.0 Å². The van der Waals surface area contributed by atoms with Crippen LogP contribution in [0.5, 0.6) is 23.0 Å². The molecule has 0 amide bonds. The molecule has 226 valence electrons. The lowest BCUT2D eigenvalue weighted by atomic mass is 9.87. The lowest BCUT2D eigenvalue weighted by Crippen LogP contribution is -2.14. The summed E-state index contributed by atoms with van der Waals surface area (Å²) in [6, 6.07) is 2.71. The number of esters is 1. The minimum absolute atomic E-state index is 0.0419. The van der Waals surface area contributed by atoms with Crippen molar-refractivity contribution >= 4 is 18.2 Å². The van der Waals surface area contributed by atoms with E-state index in [1.807, 2.05) is 0 Å². The maximum atomic E-state index is 12.6. The van der Waals surface area contributed by atoms with E-state index in [0.717, 1.165) is 12.8 Å². The third-order valence-electron chi connectivity index (χ3n) is 7.18. The van der Waals surface area contributed by atoms with Crippen LogP contribution >= 0.6 is 0 Å². The molecule has 1 aliphatic rings. The highest BCUT2D eigenvalue weighted by molar-refractivity contribution is 6.00. The summed E-state index contributed by atoms with van der Waals surface area (Å²) in [4.78, 5) is 35.2. The summed E-state index contributed by atoms with van der Waals surface area (Å²) in [5.41, 5.74) is 3.03. The van der Waals surface area contributed by atoms with Gasteiger partial charge in [0.25, 0.3) is 0 Å². The van der Waals surface area contributed by atoms with E-state index < -0.39 is 23.4 Å². The molecular weight excluding hydrogens is 536 g/mol. The second-order valence-electron chi connectivity index (χ2n) is 11.3. The monoisotopic (exact) mass is 578 g/mol. The minimum atomic E-state index is -1.38. The number of aromatic carboxylic acids is 1. The molecule has 0 bridgehead atoms. The van der Waals surface area contributed by atoms with Gasteiger partial charge in [-0.25, -0.2) is 9.59 Å². The summed E-state index contributed by atoms with van der Waals surface area (Å²) in [7, 11) is 1.31. The summed E-state index contributed by atoms with van der Waals surface area (Å²) in [5.74, 6) is -3.38. The molecule has 0 aromatic heterocycles. The van der Waals surface area contributed by atoms with Crippen LogP contribution < -0.4 is 9.47 Å². The number of methoxy groups -OCH3 is 1. The van der Waals surface area contributed by atoms with Crippen molar-refractivity contribution in [2.24, 2.45) is 5.41 Å². The Kier molecular flexibility index (Phi) is 11.7. The van der Waals surface area contributed by atoms with E-state index in [-0.39, 0.29) is 39.3 Å². The average molecular weight is 579 g/mol.